The molecule has 0 saturated carbocycles. The molecule has 1 heterocycles. The summed E-state index contributed by atoms with van der Waals surface area (Å²) < 4.78 is 0. The summed E-state index contributed by atoms with van der Waals surface area (Å²) in [5, 5.41) is 11.8. The molecule has 0 bridgehead atoms. The summed E-state index contributed by atoms with van der Waals surface area (Å²) in [5.74, 6) is -2.14. The lowest BCUT2D eigenvalue weighted by Gasteiger charge is -2.34. The first-order chi connectivity index (χ1) is 9.06. The number of piperidine rings is 1. The first-order valence-electron chi connectivity index (χ1n) is 5.65. The van der Waals surface area contributed by atoms with Crippen molar-refractivity contribution in [1.82, 2.24) is 5.32 Å². The highest BCUT2D eigenvalue weighted by Crippen LogP contribution is 2.36. The van der Waals surface area contributed by atoms with Crippen LogP contribution in [0.4, 0.5) is 0 Å². The molecule has 6 heteroatoms. The average Bonchev–Trinajstić information content (AvgIpc) is 2.38. The van der Waals surface area contributed by atoms with Gasteiger partial charge in [-0.2, -0.15) is 5.26 Å². The Balaban J connectivity index is 2.53. The van der Waals surface area contributed by atoms with Crippen molar-refractivity contribution in [2.75, 3.05) is 0 Å². The number of carbonyl (C=O) groups is 1. The monoisotopic (exact) mass is 289 g/mol. The predicted octanol–water partition coefficient (Wildman–Crippen LogP) is 1.27. The zero-order chi connectivity index (χ0) is 14.0. The molecule has 1 aromatic rings. The molecule has 1 amide bonds. The van der Waals surface area contributed by atoms with Gasteiger partial charge in [-0.1, -0.05) is 54.8 Å². The number of hydrogen-bond donors (Lipinski definition) is 2. The fraction of sp³-hybridized carbons (Fsp3) is 0.231. The van der Waals surface area contributed by atoms with Crippen LogP contribution in [-0.4, -0.2) is 15.9 Å². The normalized spacial score (nSPS) is 26.4. The number of thiocarbonyl (C=S) groups is 2. The minimum Gasteiger partial charge on any atom is -0.393 e. The van der Waals surface area contributed by atoms with E-state index in [0.717, 1.165) is 5.56 Å². The van der Waals surface area contributed by atoms with Crippen LogP contribution in [0.3, 0.4) is 0 Å². The van der Waals surface area contributed by atoms with Crippen molar-refractivity contribution < 1.29 is 4.79 Å². The third kappa shape index (κ3) is 2.48. The largest absolute Gasteiger partial charge is 0.393 e. The molecule has 0 spiro atoms. The van der Waals surface area contributed by atoms with E-state index in [9.17, 15) is 10.1 Å². The van der Waals surface area contributed by atoms with E-state index < -0.39 is 23.7 Å². The van der Waals surface area contributed by atoms with Gasteiger partial charge in [0.15, 0.2) is 0 Å². The average molecular weight is 289 g/mol. The van der Waals surface area contributed by atoms with Gasteiger partial charge in [0, 0.05) is 5.92 Å². The molecule has 1 aliphatic rings. The number of amides is 1. The van der Waals surface area contributed by atoms with Crippen LogP contribution in [0.1, 0.15) is 11.5 Å². The number of nitriles is 1. The number of nitrogens with two attached hydrogens (primary N) is 1. The summed E-state index contributed by atoms with van der Waals surface area (Å²) in [4.78, 5) is 12.4. The van der Waals surface area contributed by atoms with E-state index in [-0.39, 0.29) is 9.98 Å². The van der Waals surface area contributed by atoms with Crippen LogP contribution >= 0.6 is 24.4 Å². The van der Waals surface area contributed by atoms with Crippen LogP contribution in [0.5, 0.6) is 0 Å². The fourth-order valence-electron chi connectivity index (χ4n) is 2.30. The maximum atomic E-state index is 11.9. The maximum Gasteiger partial charge on any atom is 0.242 e. The van der Waals surface area contributed by atoms with Crippen LogP contribution in [-0.2, 0) is 4.79 Å². The van der Waals surface area contributed by atoms with Crippen LogP contribution in [0, 0.1) is 23.2 Å². The molecule has 0 radical (unpaired) electrons. The quantitative estimate of drug-likeness (QED) is 0.802. The minimum absolute atomic E-state index is 0.194. The molecule has 0 aliphatic carbocycles. The van der Waals surface area contributed by atoms with Gasteiger partial charge in [-0.25, -0.2) is 0 Å². The smallest absolute Gasteiger partial charge is 0.242 e. The maximum absolute atomic E-state index is 11.9. The van der Waals surface area contributed by atoms with Crippen molar-refractivity contribution in [2.24, 2.45) is 17.6 Å². The molecule has 0 aromatic heterocycles. The molecule has 1 fully saturated rings. The first kappa shape index (κ1) is 13.6. The Morgan fingerprint density at radius 2 is 2.00 bits per heavy atom. The van der Waals surface area contributed by atoms with Gasteiger partial charge in [0.25, 0.3) is 0 Å². The van der Waals surface area contributed by atoms with Crippen molar-refractivity contribution in [1.29, 1.82) is 5.26 Å². The molecule has 1 saturated heterocycles. The fourth-order valence-corrected chi connectivity index (χ4v) is 3.01. The number of nitrogens with one attached hydrogen (secondary N) is 1. The third-order valence-corrected chi connectivity index (χ3v) is 3.77. The second-order valence-corrected chi connectivity index (χ2v) is 5.19. The number of carbonyl (C=O) groups excluding carboxylic acids is 1. The van der Waals surface area contributed by atoms with Gasteiger partial charge in [0.05, 0.1) is 22.0 Å². The lowest BCUT2D eigenvalue weighted by Crippen LogP contribution is -2.53. The van der Waals surface area contributed by atoms with E-state index in [1.165, 1.54) is 0 Å². The second kappa shape index (κ2) is 5.43. The summed E-state index contributed by atoms with van der Waals surface area (Å²) in [6, 6.07) is 11.3. The second-order valence-electron chi connectivity index (χ2n) is 4.28. The molecule has 3 N–H and O–H groups in total. The van der Waals surface area contributed by atoms with Gasteiger partial charge in [0.2, 0.25) is 5.91 Å². The van der Waals surface area contributed by atoms with Crippen LogP contribution in [0.15, 0.2) is 30.3 Å². The lowest BCUT2D eigenvalue weighted by molar-refractivity contribution is -0.123. The van der Waals surface area contributed by atoms with E-state index in [1.54, 1.807) is 0 Å². The van der Waals surface area contributed by atoms with Crippen molar-refractivity contribution >= 4 is 40.3 Å². The van der Waals surface area contributed by atoms with Gasteiger partial charge in [-0.15, -0.1) is 0 Å². The summed E-state index contributed by atoms with van der Waals surface area (Å²) in [6.45, 7) is 0. The van der Waals surface area contributed by atoms with Crippen LogP contribution in [0.2, 0.25) is 0 Å². The van der Waals surface area contributed by atoms with Crippen molar-refractivity contribution in [3.05, 3.63) is 35.9 Å². The van der Waals surface area contributed by atoms with Crippen LogP contribution in [0.25, 0.3) is 0 Å². The summed E-state index contributed by atoms with van der Waals surface area (Å²) >= 11 is 10.2. The Kier molecular flexibility index (Phi) is 3.88. The highest BCUT2D eigenvalue weighted by Gasteiger charge is 2.44. The minimum atomic E-state index is -0.847. The number of rotatable bonds is 2. The van der Waals surface area contributed by atoms with Gasteiger partial charge >= 0.3 is 0 Å². The molecule has 1 aliphatic heterocycles. The van der Waals surface area contributed by atoms with E-state index >= 15 is 0 Å². The Hall–Kier alpha value is -1.84. The molecule has 4 nitrogen and oxygen atoms in total. The molecular weight excluding hydrogens is 278 g/mol. The number of benzene rings is 1. The Bertz CT molecular complexity index is 579. The molecule has 1 aromatic carbocycles. The summed E-state index contributed by atoms with van der Waals surface area (Å²) in [5.41, 5.74) is 6.57. The van der Waals surface area contributed by atoms with E-state index in [1.807, 2.05) is 36.4 Å². The Morgan fingerprint density at radius 1 is 1.37 bits per heavy atom. The molecule has 96 valence electrons. The zero-order valence-corrected chi connectivity index (χ0v) is 11.5. The summed E-state index contributed by atoms with van der Waals surface area (Å²) in [7, 11) is 0. The van der Waals surface area contributed by atoms with E-state index in [0.29, 0.717) is 0 Å². The van der Waals surface area contributed by atoms with Gasteiger partial charge in [-0.05, 0) is 5.56 Å². The lowest BCUT2D eigenvalue weighted by atomic mass is 9.74. The summed E-state index contributed by atoms with van der Waals surface area (Å²) in [6.07, 6.45) is 0. The Morgan fingerprint density at radius 3 is 2.53 bits per heavy atom. The van der Waals surface area contributed by atoms with Crippen molar-refractivity contribution in [3.8, 4) is 6.07 Å². The highest BCUT2D eigenvalue weighted by molar-refractivity contribution is 7.82. The molecule has 3 unspecified atom stereocenters. The standard InChI is InChI=1S/C13H11N3OS2/c14-6-8-9(7-4-2-1-3-5-7)10(11(15)18)13(19)16-12(8)17/h1-5,8-10H,(H2,15,18)(H,16,17,19). The van der Waals surface area contributed by atoms with Gasteiger partial charge < -0.3 is 11.1 Å². The van der Waals surface area contributed by atoms with E-state index in [4.69, 9.17) is 30.2 Å². The molecule has 2 rings (SSSR count). The van der Waals surface area contributed by atoms with E-state index in [2.05, 4.69) is 5.32 Å². The highest BCUT2D eigenvalue weighted by atomic mass is 32.1. The van der Waals surface area contributed by atoms with Crippen molar-refractivity contribution in [3.63, 3.8) is 0 Å². The van der Waals surface area contributed by atoms with Gasteiger partial charge in [0.1, 0.15) is 5.92 Å². The molecule has 19 heavy (non-hydrogen) atoms. The predicted molar refractivity (Wildman–Crippen MR) is 79.3 cm³/mol. The number of nitrogens with zero attached hydrogens (tertiary/aromatic N) is 1. The zero-order valence-electron chi connectivity index (χ0n) is 9.87. The first-order valence-corrected chi connectivity index (χ1v) is 6.46. The van der Waals surface area contributed by atoms with Crippen molar-refractivity contribution in [2.45, 2.75) is 5.92 Å². The molecule has 3 atom stereocenters. The SMILES string of the molecule is N#CC1C(=O)NC(=S)C(C(N)=S)C1c1ccccc1. The van der Waals surface area contributed by atoms with Crippen LogP contribution < -0.4 is 11.1 Å². The topological polar surface area (TPSA) is 78.9 Å². The molecular formula is C13H11N3OS2. The number of hydrogen-bond acceptors (Lipinski definition) is 4. The third-order valence-electron chi connectivity index (χ3n) is 3.16. The van der Waals surface area contributed by atoms with Gasteiger partial charge in [-0.3, -0.25) is 4.79 Å². The Labute approximate surface area is 121 Å².